The lowest BCUT2D eigenvalue weighted by molar-refractivity contribution is 0.0915. The van der Waals surface area contributed by atoms with Crippen molar-refractivity contribution in [3.8, 4) is 17.1 Å². The molecule has 1 aromatic heterocycles. The average Bonchev–Trinajstić information content (AvgIpc) is 2.96. The van der Waals surface area contributed by atoms with E-state index in [1.807, 2.05) is 31.2 Å². The minimum Gasteiger partial charge on any atom is -0.497 e. The molecule has 0 fully saturated rings. The maximum Gasteiger partial charge on any atom is 0.257 e. The van der Waals surface area contributed by atoms with Gasteiger partial charge in [-0.3, -0.25) is 4.79 Å². The molecule has 23 heavy (non-hydrogen) atoms. The predicted molar refractivity (Wildman–Crippen MR) is 86.7 cm³/mol. The van der Waals surface area contributed by atoms with E-state index in [4.69, 9.17) is 14.0 Å². The van der Waals surface area contributed by atoms with E-state index in [9.17, 15) is 4.79 Å². The van der Waals surface area contributed by atoms with Crippen molar-refractivity contribution in [1.82, 2.24) is 10.5 Å². The Morgan fingerprint density at radius 1 is 1.26 bits per heavy atom. The molecule has 0 unspecified atom stereocenters. The first kappa shape index (κ1) is 17.0. The molecule has 2 aromatic rings. The lowest BCUT2D eigenvalue weighted by Crippen LogP contribution is -2.28. The van der Waals surface area contributed by atoms with Crippen LogP contribution in [0.5, 0.6) is 5.75 Å². The van der Waals surface area contributed by atoms with Crippen LogP contribution in [-0.4, -0.2) is 37.9 Å². The number of carbonyl (C=O) groups excluding carboxylic acids is 1. The number of aryl methyl sites for hydroxylation is 1. The number of nitrogens with zero attached hydrogens (tertiary/aromatic N) is 1. The van der Waals surface area contributed by atoms with Crippen LogP contribution in [0.3, 0.4) is 0 Å². The zero-order chi connectivity index (χ0) is 16.7. The quantitative estimate of drug-likeness (QED) is 0.758. The van der Waals surface area contributed by atoms with Crippen molar-refractivity contribution < 1.29 is 18.8 Å². The fourth-order valence-corrected chi connectivity index (χ4v) is 2.15. The van der Waals surface area contributed by atoms with Gasteiger partial charge in [0.15, 0.2) is 5.76 Å². The van der Waals surface area contributed by atoms with Crippen molar-refractivity contribution in [3.63, 3.8) is 0 Å². The van der Waals surface area contributed by atoms with Gasteiger partial charge in [0.25, 0.3) is 5.91 Å². The zero-order valence-corrected chi connectivity index (χ0v) is 13.7. The molecular weight excluding hydrogens is 296 g/mol. The fraction of sp³-hybridized carbons (Fsp3) is 0.412. The number of amides is 1. The molecule has 0 spiro atoms. The largest absolute Gasteiger partial charge is 0.497 e. The Morgan fingerprint density at radius 2 is 2.00 bits per heavy atom. The second-order valence-corrected chi connectivity index (χ2v) is 5.07. The molecule has 6 heteroatoms. The first-order valence-electron chi connectivity index (χ1n) is 7.64. The van der Waals surface area contributed by atoms with E-state index in [1.54, 1.807) is 14.0 Å². The van der Waals surface area contributed by atoms with Crippen LogP contribution in [0.15, 0.2) is 28.8 Å². The first-order chi connectivity index (χ1) is 11.2. The summed E-state index contributed by atoms with van der Waals surface area (Å²) in [6.07, 6.45) is 0.959. The van der Waals surface area contributed by atoms with Gasteiger partial charge in [0, 0.05) is 18.7 Å². The molecular formula is C17H22N2O4. The SMILES string of the molecule is CCCOCCNC(=O)c1c(C)noc1-c1ccc(OC)cc1. The third kappa shape index (κ3) is 4.32. The Bertz CT molecular complexity index is 635. The Morgan fingerprint density at radius 3 is 2.65 bits per heavy atom. The summed E-state index contributed by atoms with van der Waals surface area (Å²) in [6.45, 7) is 5.42. The Kier molecular flexibility index (Phi) is 6.17. The van der Waals surface area contributed by atoms with Gasteiger partial charge < -0.3 is 19.3 Å². The standard InChI is InChI=1S/C17H22N2O4/c1-4-10-22-11-9-18-17(20)15-12(2)19-23-16(15)13-5-7-14(21-3)8-6-13/h5-8H,4,9-11H2,1-3H3,(H,18,20). The topological polar surface area (TPSA) is 73.6 Å². The lowest BCUT2D eigenvalue weighted by Gasteiger charge is -2.06. The Hall–Kier alpha value is -2.34. The highest BCUT2D eigenvalue weighted by Crippen LogP contribution is 2.27. The summed E-state index contributed by atoms with van der Waals surface area (Å²) in [5.41, 5.74) is 1.78. The van der Waals surface area contributed by atoms with Crippen LogP contribution >= 0.6 is 0 Å². The number of methoxy groups -OCH3 is 1. The Labute approximate surface area is 135 Å². The van der Waals surface area contributed by atoms with Gasteiger partial charge >= 0.3 is 0 Å². The average molecular weight is 318 g/mol. The molecule has 1 aromatic carbocycles. The minimum atomic E-state index is -0.213. The number of nitrogens with one attached hydrogen (secondary N) is 1. The van der Waals surface area contributed by atoms with E-state index in [0.29, 0.717) is 36.8 Å². The van der Waals surface area contributed by atoms with E-state index in [1.165, 1.54) is 0 Å². The molecule has 0 aliphatic heterocycles. The summed E-state index contributed by atoms with van der Waals surface area (Å²) in [4.78, 5) is 12.4. The third-order valence-electron chi connectivity index (χ3n) is 3.32. The smallest absolute Gasteiger partial charge is 0.257 e. The van der Waals surface area contributed by atoms with Crippen LogP contribution in [0.25, 0.3) is 11.3 Å². The molecule has 1 amide bonds. The van der Waals surface area contributed by atoms with Crippen molar-refractivity contribution in [3.05, 3.63) is 35.5 Å². The number of rotatable bonds is 8. The van der Waals surface area contributed by atoms with Crippen LogP contribution in [0.4, 0.5) is 0 Å². The van der Waals surface area contributed by atoms with Gasteiger partial charge in [-0.25, -0.2) is 0 Å². The zero-order valence-electron chi connectivity index (χ0n) is 13.7. The van der Waals surface area contributed by atoms with Crippen molar-refractivity contribution in [2.24, 2.45) is 0 Å². The minimum absolute atomic E-state index is 0.213. The molecule has 2 rings (SSSR count). The van der Waals surface area contributed by atoms with Gasteiger partial charge in [-0.2, -0.15) is 0 Å². The normalized spacial score (nSPS) is 10.6. The summed E-state index contributed by atoms with van der Waals surface area (Å²) < 4.78 is 15.8. The molecule has 6 nitrogen and oxygen atoms in total. The summed E-state index contributed by atoms with van der Waals surface area (Å²) >= 11 is 0. The molecule has 0 saturated heterocycles. The highest BCUT2D eigenvalue weighted by Gasteiger charge is 2.21. The van der Waals surface area contributed by atoms with Crippen LogP contribution in [0, 0.1) is 6.92 Å². The molecule has 0 saturated carbocycles. The van der Waals surface area contributed by atoms with Gasteiger partial charge in [-0.05, 0) is 37.6 Å². The number of aromatic nitrogens is 1. The second-order valence-electron chi connectivity index (χ2n) is 5.07. The predicted octanol–water partition coefficient (Wildman–Crippen LogP) is 2.82. The molecule has 0 atom stereocenters. The van der Waals surface area contributed by atoms with E-state index in [2.05, 4.69) is 10.5 Å². The van der Waals surface area contributed by atoms with E-state index < -0.39 is 0 Å². The van der Waals surface area contributed by atoms with Crippen molar-refractivity contribution in [1.29, 1.82) is 0 Å². The molecule has 0 bridgehead atoms. The number of ether oxygens (including phenoxy) is 2. The van der Waals surface area contributed by atoms with Gasteiger partial charge in [0.1, 0.15) is 11.3 Å². The first-order valence-corrected chi connectivity index (χ1v) is 7.64. The van der Waals surface area contributed by atoms with Crippen LogP contribution in [0.2, 0.25) is 0 Å². The molecule has 124 valence electrons. The molecule has 0 aliphatic rings. The molecule has 1 heterocycles. The fourth-order valence-electron chi connectivity index (χ4n) is 2.15. The van der Waals surface area contributed by atoms with Gasteiger partial charge in [-0.15, -0.1) is 0 Å². The maximum absolute atomic E-state index is 12.4. The number of hydrogen-bond acceptors (Lipinski definition) is 5. The third-order valence-corrected chi connectivity index (χ3v) is 3.32. The van der Waals surface area contributed by atoms with Crippen molar-refractivity contribution in [2.75, 3.05) is 26.9 Å². The van der Waals surface area contributed by atoms with E-state index in [0.717, 1.165) is 17.7 Å². The van der Waals surface area contributed by atoms with Gasteiger partial charge in [-0.1, -0.05) is 12.1 Å². The van der Waals surface area contributed by atoms with Crippen LogP contribution in [0.1, 0.15) is 29.4 Å². The summed E-state index contributed by atoms with van der Waals surface area (Å²) in [6, 6.07) is 7.29. The van der Waals surface area contributed by atoms with Crippen molar-refractivity contribution >= 4 is 5.91 Å². The summed E-state index contributed by atoms with van der Waals surface area (Å²) in [5, 5.41) is 6.74. The molecule has 1 N–H and O–H groups in total. The van der Waals surface area contributed by atoms with Gasteiger partial charge in [0.2, 0.25) is 0 Å². The number of benzene rings is 1. The highest BCUT2D eigenvalue weighted by atomic mass is 16.5. The van der Waals surface area contributed by atoms with Crippen molar-refractivity contribution in [2.45, 2.75) is 20.3 Å². The maximum atomic E-state index is 12.4. The number of carbonyl (C=O) groups is 1. The van der Waals surface area contributed by atoms with Gasteiger partial charge in [0.05, 0.1) is 19.4 Å². The highest BCUT2D eigenvalue weighted by molar-refractivity contribution is 6.00. The van der Waals surface area contributed by atoms with Crippen LogP contribution in [-0.2, 0) is 4.74 Å². The summed E-state index contributed by atoms with van der Waals surface area (Å²) in [5.74, 6) is 0.982. The Balaban J connectivity index is 2.09. The lowest BCUT2D eigenvalue weighted by atomic mass is 10.1. The second kappa shape index (κ2) is 8.33. The molecule has 0 radical (unpaired) electrons. The van der Waals surface area contributed by atoms with E-state index in [-0.39, 0.29) is 5.91 Å². The van der Waals surface area contributed by atoms with E-state index >= 15 is 0 Å². The van der Waals surface area contributed by atoms with Crippen LogP contribution < -0.4 is 10.1 Å². The monoisotopic (exact) mass is 318 g/mol. The molecule has 0 aliphatic carbocycles. The summed E-state index contributed by atoms with van der Waals surface area (Å²) in [7, 11) is 1.60. The number of hydrogen-bond donors (Lipinski definition) is 1.